The molecule has 0 unspecified atom stereocenters. The van der Waals surface area contributed by atoms with Gasteiger partial charge in [0.25, 0.3) is 5.88 Å². The zero-order valence-corrected chi connectivity index (χ0v) is 7.25. The highest BCUT2D eigenvalue weighted by molar-refractivity contribution is 5.45. The fourth-order valence-corrected chi connectivity index (χ4v) is 0.849. The smallest absolute Gasteiger partial charge is 0.261 e. The lowest BCUT2D eigenvalue weighted by atomic mass is 10.4. The Kier molecular flexibility index (Phi) is 2.74. The number of pyridine rings is 1. The van der Waals surface area contributed by atoms with Crippen molar-refractivity contribution in [2.45, 2.75) is 0 Å². The summed E-state index contributed by atoms with van der Waals surface area (Å²) in [5.41, 5.74) is 0. The maximum Gasteiger partial charge on any atom is 0.261 e. The van der Waals surface area contributed by atoms with Crippen molar-refractivity contribution in [2.24, 2.45) is 0 Å². The van der Waals surface area contributed by atoms with E-state index in [4.69, 9.17) is 14.2 Å². The number of rotatable bonds is 3. The lowest BCUT2D eigenvalue weighted by molar-refractivity contribution is 0.315. The van der Waals surface area contributed by atoms with Gasteiger partial charge in [0.05, 0.1) is 27.5 Å². The molecule has 0 saturated heterocycles. The number of nitrogens with zero attached hydrogens (tertiary/aromatic N) is 1. The maximum atomic E-state index is 5.03. The largest absolute Gasteiger partial charge is 0.493 e. The van der Waals surface area contributed by atoms with Crippen molar-refractivity contribution in [3.05, 3.63) is 12.3 Å². The van der Waals surface area contributed by atoms with E-state index in [0.29, 0.717) is 17.4 Å². The van der Waals surface area contributed by atoms with Gasteiger partial charge in [0.2, 0.25) is 5.75 Å². The molecule has 0 bridgehead atoms. The highest BCUT2D eigenvalue weighted by Crippen LogP contribution is 2.33. The van der Waals surface area contributed by atoms with E-state index in [0.717, 1.165) is 0 Å². The maximum absolute atomic E-state index is 5.03. The monoisotopic (exact) mass is 168 g/mol. The topological polar surface area (TPSA) is 40.6 Å². The SMILES string of the molecule is COc1c[c]nc(OC)c1OC. The van der Waals surface area contributed by atoms with Crippen LogP contribution in [-0.4, -0.2) is 26.3 Å². The van der Waals surface area contributed by atoms with Gasteiger partial charge in [-0.15, -0.1) is 0 Å². The minimum atomic E-state index is 0.372. The molecule has 0 atom stereocenters. The van der Waals surface area contributed by atoms with Crippen molar-refractivity contribution in [3.8, 4) is 17.4 Å². The molecule has 0 amide bonds. The first-order valence-corrected chi connectivity index (χ1v) is 3.36. The van der Waals surface area contributed by atoms with Crippen LogP contribution in [0.25, 0.3) is 0 Å². The first-order valence-electron chi connectivity index (χ1n) is 3.36. The molecule has 0 aliphatic heterocycles. The van der Waals surface area contributed by atoms with Gasteiger partial charge < -0.3 is 14.2 Å². The Hall–Kier alpha value is -1.45. The van der Waals surface area contributed by atoms with Gasteiger partial charge in [0.15, 0.2) is 5.75 Å². The van der Waals surface area contributed by atoms with Crippen LogP contribution < -0.4 is 14.2 Å². The van der Waals surface area contributed by atoms with Crippen molar-refractivity contribution in [2.75, 3.05) is 21.3 Å². The molecule has 0 aliphatic carbocycles. The Morgan fingerprint density at radius 3 is 2.42 bits per heavy atom. The van der Waals surface area contributed by atoms with Crippen molar-refractivity contribution in [1.29, 1.82) is 0 Å². The molecule has 0 aromatic carbocycles. The van der Waals surface area contributed by atoms with Crippen molar-refractivity contribution < 1.29 is 14.2 Å². The quantitative estimate of drug-likeness (QED) is 0.672. The van der Waals surface area contributed by atoms with Crippen molar-refractivity contribution >= 4 is 0 Å². The lowest BCUT2D eigenvalue weighted by Gasteiger charge is -2.08. The average molecular weight is 168 g/mol. The summed E-state index contributed by atoms with van der Waals surface area (Å²) in [6.45, 7) is 0. The molecule has 0 fully saturated rings. The number of aromatic nitrogens is 1. The Bertz CT molecular complexity index is 240. The molecule has 12 heavy (non-hydrogen) atoms. The predicted molar refractivity (Wildman–Crippen MR) is 42.7 cm³/mol. The van der Waals surface area contributed by atoms with Gasteiger partial charge >= 0.3 is 0 Å². The van der Waals surface area contributed by atoms with Crippen LogP contribution in [0, 0.1) is 6.20 Å². The fourth-order valence-electron chi connectivity index (χ4n) is 0.849. The third kappa shape index (κ3) is 1.42. The average Bonchev–Trinajstić information content (AvgIpc) is 2.16. The molecule has 0 aliphatic rings. The first kappa shape index (κ1) is 8.64. The molecule has 1 aromatic heterocycles. The molecule has 0 saturated carbocycles. The summed E-state index contributed by atoms with van der Waals surface area (Å²) in [4.78, 5) is 3.82. The van der Waals surface area contributed by atoms with Gasteiger partial charge in [-0.1, -0.05) is 0 Å². The van der Waals surface area contributed by atoms with Crippen molar-refractivity contribution in [3.63, 3.8) is 0 Å². The van der Waals surface area contributed by atoms with Crippen LogP contribution in [0.5, 0.6) is 17.4 Å². The van der Waals surface area contributed by atoms with Crippen LogP contribution in [0.2, 0.25) is 0 Å². The summed E-state index contributed by atoms with van der Waals surface area (Å²) in [5, 5.41) is 0. The Labute approximate surface area is 71.1 Å². The molecular formula is C8H10NO3. The Balaban J connectivity index is 3.13. The number of ether oxygens (including phenoxy) is 3. The van der Waals surface area contributed by atoms with Crippen LogP contribution in [0.15, 0.2) is 6.07 Å². The molecule has 65 valence electrons. The predicted octanol–water partition coefficient (Wildman–Crippen LogP) is 0.908. The molecule has 4 heteroatoms. The fraction of sp³-hybridized carbons (Fsp3) is 0.375. The molecule has 1 heterocycles. The van der Waals surface area contributed by atoms with E-state index in [2.05, 4.69) is 11.2 Å². The molecular weight excluding hydrogens is 158 g/mol. The van der Waals surface area contributed by atoms with Crippen LogP contribution in [0.1, 0.15) is 0 Å². The van der Waals surface area contributed by atoms with Crippen LogP contribution in [0.4, 0.5) is 0 Å². The zero-order valence-electron chi connectivity index (χ0n) is 7.25. The second kappa shape index (κ2) is 3.80. The lowest BCUT2D eigenvalue weighted by Crippen LogP contribution is -1.96. The standard InChI is InChI=1S/C8H10NO3/c1-10-6-4-5-9-8(12-3)7(6)11-2/h4H,1-3H3. The second-order valence-electron chi connectivity index (χ2n) is 2.00. The van der Waals surface area contributed by atoms with E-state index < -0.39 is 0 Å². The van der Waals surface area contributed by atoms with Crippen LogP contribution in [0.3, 0.4) is 0 Å². The van der Waals surface area contributed by atoms with Crippen LogP contribution >= 0.6 is 0 Å². The number of hydrogen-bond donors (Lipinski definition) is 0. The van der Waals surface area contributed by atoms with E-state index in [1.54, 1.807) is 13.2 Å². The third-order valence-electron chi connectivity index (χ3n) is 1.40. The zero-order chi connectivity index (χ0) is 8.97. The summed E-state index contributed by atoms with van der Waals surface area (Å²) < 4.78 is 15.0. The van der Waals surface area contributed by atoms with Gasteiger partial charge in [0, 0.05) is 6.07 Å². The Morgan fingerprint density at radius 2 is 1.92 bits per heavy atom. The van der Waals surface area contributed by atoms with E-state index in [9.17, 15) is 0 Å². The van der Waals surface area contributed by atoms with E-state index in [1.807, 2.05) is 0 Å². The summed E-state index contributed by atoms with van der Waals surface area (Å²) in [7, 11) is 4.59. The highest BCUT2D eigenvalue weighted by atomic mass is 16.5. The highest BCUT2D eigenvalue weighted by Gasteiger charge is 2.10. The molecule has 0 spiro atoms. The first-order chi connectivity index (χ1) is 5.83. The molecule has 1 radical (unpaired) electrons. The van der Waals surface area contributed by atoms with Gasteiger partial charge in [-0.2, -0.15) is 0 Å². The summed E-state index contributed by atoms with van der Waals surface area (Å²) in [5.74, 6) is 1.42. The molecule has 4 nitrogen and oxygen atoms in total. The summed E-state index contributed by atoms with van der Waals surface area (Å²) in [6.07, 6.45) is 2.63. The van der Waals surface area contributed by atoms with E-state index >= 15 is 0 Å². The van der Waals surface area contributed by atoms with Gasteiger partial charge in [-0.25, -0.2) is 4.98 Å². The summed E-state index contributed by atoms with van der Waals surface area (Å²) in [6, 6.07) is 1.58. The minimum Gasteiger partial charge on any atom is -0.493 e. The van der Waals surface area contributed by atoms with Gasteiger partial charge in [0.1, 0.15) is 0 Å². The number of hydrogen-bond acceptors (Lipinski definition) is 4. The molecule has 1 aromatic rings. The second-order valence-corrected chi connectivity index (χ2v) is 2.00. The minimum absolute atomic E-state index is 0.372. The molecule has 1 rings (SSSR count). The summed E-state index contributed by atoms with van der Waals surface area (Å²) >= 11 is 0. The van der Waals surface area contributed by atoms with Crippen LogP contribution in [-0.2, 0) is 0 Å². The van der Waals surface area contributed by atoms with E-state index in [-0.39, 0.29) is 0 Å². The normalized spacial score (nSPS) is 9.25. The Morgan fingerprint density at radius 1 is 1.17 bits per heavy atom. The third-order valence-corrected chi connectivity index (χ3v) is 1.40. The molecule has 0 N–H and O–H groups in total. The van der Waals surface area contributed by atoms with Gasteiger partial charge in [-0.3, -0.25) is 0 Å². The number of methoxy groups -OCH3 is 3. The van der Waals surface area contributed by atoms with E-state index in [1.165, 1.54) is 14.2 Å². The van der Waals surface area contributed by atoms with Gasteiger partial charge in [-0.05, 0) is 0 Å². The van der Waals surface area contributed by atoms with Crippen molar-refractivity contribution in [1.82, 2.24) is 4.98 Å².